The Bertz CT molecular complexity index is 1250. The van der Waals surface area contributed by atoms with E-state index in [2.05, 4.69) is 19.9 Å². The Morgan fingerprint density at radius 3 is 2.34 bits per heavy atom. The molecule has 0 radical (unpaired) electrons. The van der Waals surface area contributed by atoms with Crippen LogP contribution in [0.4, 0.5) is 5.69 Å². The first kappa shape index (κ1) is 18.8. The normalized spacial score (nSPS) is 11.0. The fourth-order valence-corrected chi connectivity index (χ4v) is 3.42. The van der Waals surface area contributed by atoms with Crippen LogP contribution < -0.4 is 11.5 Å². The van der Waals surface area contributed by atoms with Crippen molar-refractivity contribution < 1.29 is 0 Å². The monoisotopic (exact) mass is 401 g/mol. The molecule has 0 aliphatic rings. The minimum atomic E-state index is -0.000910. The van der Waals surface area contributed by atoms with Gasteiger partial charge in [-0.2, -0.15) is 0 Å². The molecule has 29 heavy (non-hydrogen) atoms. The second-order valence-corrected chi connectivity index (χ2v) is 7.32. The molecule has 2 aromatic carbocycles. The van der Waals surface area contributed by atoms with E-state index in [9.17, 15) is 0 Å². The van der Waals surface area contributed by atoms with Gasteiger partial charge in [0, 0.05) is 33.5 Å². The van der Waals surface area contributed by atoms with Crippen LogP contribution in [0, 0.1) is 12.3 Å². The Hall–Kier alpha value is -3.52. The van der Waals surface area contributed by atoms with Crippen LogP contribution in [0.15, 0.2) is 53.7 Å². The number of nitrogens with one attached hydrogen (secondary N) is 1. The van der Waals surface area contributed by atoms with E-state index in [0.29, 0.717) is 28.1 Å². The van der Waals surface area contributed by atoms with Crippen molar-refractivity contribution in [3.63, 3.8) is 0 Å². The maximum absolute atomic E-state index is 7.66. The summed E-state index contributed by atoms with van der Waals surface area (Å²) in [5, 5.41) is 9.13. The van der Waals surface area contributed by atoms with Gasteiger partial charge in [0.15, 0.2) is 16.8 Å². The summed E-state index contributed by atoms with van der Waals surface area (Å²) < 4.78 is 0. The molecule has 8 heteroatoms. The number of nitrogen functional groups attached to an aromatic ring is 2. The van der Waals surface area contributed by atoms with Gasteiger partial charge in [0.2, 0.25) is 0 Å². The Balaban J connectivity index is 1.87. The lowest BCUT2D eigenvalue weighted by molar-refractivity contribution is 0.923. The highest BCUT2D eigenvalue weighted by molar-refractivity contribution is 7.98. The Labute approximate surface area is 172 Å². The number of anilines is 1. The van der Waals surface area contributed by atoms with E-state index >= 15 is 0 Å². The number of pyridine rings is 1. The molecule has 7 nitrogen and oxygen atoms in total. The molecule has 0 amide bonds. The molecule has 0 saturated carbocycles. The lowest BCUT2D eigenvalue weighted by Gasteiger charge is -2.09. The van der Waals surface area contributed by atoms with Gasteiger partial charge in [-0.05, 0) is 43.5 Å². The molecule has 4 rings (SSSR count). The van der Waals surface area contributed by atoms with E-state index in [4.69, 9.17) is 16.9 Å². The van der Waals surface area contributed by atoms with Crippen molar-refractivity contribution >= 4 is 34.2 Å². The fraction of sp³-hybridized carbons (Fsp3) is 0.0952. The SMILES string of the molecule is CSc1nc(-c2cccc(C(=N)N)c2)nc(-c2ccc3nc(C)cc(N)c3c2)n1. The number of rotatable bonds is 4. The van der Waals surface area contributed by atoms with Crippen LogP contribution in [0.2, 0.25) is 0 Å². The standard InChI is InChI=1S/C21H19N7S/c1-11-8-16(22)15-10-14(6-7-17(15)25-11)20-26-19(27-21(28-20)29-2)13-5-3-4-12(9-13)18(23)24/h3-10H,1-2H3,(H2,22,25)(H3,23,24). The summed E-state index contributed by atoms with van der Waals surface area (Å²) >= 11 is 1.44. The first-order chi connectivity index (χ1) is 13.9. The van der Waals surface area contributed by atoms with Gasteiger partial charge in [0.25, 0.3) is 0 Å². The molecular weight excluding hydrogens is 382 g/mol. The predicted molar refractivity (Wildman–Crippen MR) is 118 cm³/mol. The summed E-state index contributed by atoms with van der Waals surface area (Å²) in [6.07, 6.45) is 1.92. The molecule has 0 spiro atoms. The molecule has 0 saturated heterocycles. The zero-order valence-corrected chi connectivity index (χ0v) is 16.8. The van der Waals surface area contributed by atoms with Gasteiger partial charge < -0.3 is 11.5 Å². The van der Waals surface area contributed by atoms with Gasteiger partial charge >= 0.3 is 0 Å². The van der Waals surface area contributed by atoms with Crippen LogP contribution in [-0.2, 0) is 0 Å². The number of nitrogens with zero attached hydrogens (tertiary/aromatic N) is 4. The Kier molecular flexibility index (Phi) is 4.85. The lowest BCUT2D eigenvalue weighted by atomic mass is 10.1. The second kappa shape index (κ2) is 7.48. The minimum Gasteiger partial charge on any atom is -0.398 e. The average Bonchev–Trinajstić information content (AvgIpc) is 2.73. The third kappa shape index (κ3) is 3.74. The average molecular weight is 401 g/mol. The highest BCUT2D eigenvalue weighted by atomic mass is 32.2. The third-order valence-corrected chi connectivity index (χ3v) is 5.00. The fourth-order valence-electron chi connectivity index (χ4n) is 3.06. The highest BCUT2D eigenvalue weighted by Gasteiger charge is 2.12. The molecule has 2 heterocycles. The topological polar surface area (TPSA) is 127 Å². The largest absolute Gasteiger partial charge is 0.398 e. The minimum absolute atomic E-state index is 0.000910. The molecule has 0 bridgehead atoms. The van der Waals surface area contributed by atoms with Gasteiger partial charge in [-0.3, -0.25) is 10.4 Å². The van der Waals surface area contributed by atoms with Crippen molar-refractivity contribution in [3.05, 3.63) is 59.8 Å². The summed E-state index contributed by atoms with van der Waals surface area (Å²) in [6, 6.07) is 15.0. The van der Waals surface area contributed by atoms with E-state index in [1.807, 2.05) is 49.6 Å². The number of benzene rings is 2. The number of aromatic nitrogens is 4. The summed E-state index contributed by atoms with van der Waals surface area (Å²) in [5.41, 5.74) is 16.4. The molecule has 2 aromatic heterocycles. The number of amidine groups is 1. The van der Waals surface area contributed by atoms with Crippen molar-refractivity contribution in [1.29, 1.82) is 5.41 Å². The maximum atomic E-state index is 7.66. The van der Waals surface area contributed by atoms with Crippen LogP contribution in [0.3, 0.4) is 0 Å². The Morgan fingerprint density at radius 1 is 0.931 bits per heavy atom. The van der Waals surface area contributed by atoms with Crippen LogP contribution in [0.5, 0.6) is 0 Å². The molecule has 144 valence electrons. The van der Waals surface area contributed by atoms with Crippen LogP contribution in [0.25, 0.3) is 33.7 Å². The first-order valence-electron chi connectivity index (χ1n) is 8.87. The smallest absolute Gasteiger partial charge is 0.191 e. The molecule has 0 aliphatic carbocycles. The van der Waals surface area contributed by atoms with Gasteiger partial charge in [-0.15, -0.1) is 0 Å². The van der Waals surface area contributed by atoms with Crippen LogP contribution in [-0.4, -0.2) is 32.0 Å². The summed E-state index contributed by atoms with van der Waals surface area (Å²) in [5.74, 6) is 1.08. The van der Waals surface area contributed by atoms with E-state index < -0.39 is 0 Å². The summed E-state index contributed by atoms with van der Waals surface area (Å²) in [6.45, 7) is 1.92. The summed E-state index contributed by atoms with van der Waals surface area (Å²) in [7, 11) is 0. The zero-order chi connectivity index (χ0) is 20.5. The van der Waals surface area contributed by atoms with Crippen molar-refractivity contribution in [2.24, 2.45) is 5.73 Å². The number of fused-ring (bicyclic) bond motifs is 1. The number of nitrogens with two attached hydrogens (primary N) is 2. The molecule has 5 N–H and O–H groups in total. The van der Waals surface area contributed by atoms with Crippen LogP contribution >= 0.6 is 11.8 Å². The summed E-state index contributed by atoms with van der Waals surface area (Å²) in [4.78, 5) is 18.3. The van der Waals surface area contributed by atoms with Gasteiger partial charge in [0.1, 0.15) is 5.84 Å². The van der Waals surface area contributed by atoms with Crippen molar-refractivity contribution in [1.82, 2.24) is 19.9 Å². The van der Waals surface area contributed by atoms with Crippen molar-refractivity contribution in [2.75, 3.05) is 12.0 Å². The number of hydrogen-bond acceptors (Lipinski definition) is 7. The quantitative estimate of drug-likeness (QED) is 0.270. The van der Waals surface area contributed by atoms with Crippen molar-refractivity contribution in [2.45, 2.75) is 12.1 Å². The van der Waals surface area contributed by atoms with Gasteiger partial charge in [0.05, 0.1) is 5.52 Å². The number of hydrogen-bond donors (Lipinski definition) is 3. The van der Waals surface area contributed by atoms with E-state index in [-0.39, 0.29) is 5.84 Å². The first-order valence-corrected chi connectivity index (χ1v) is 10.1. The van der Waals surface area contributed by atoms with Crippen molar-refractivity contribution in [3.8, 4) is 22.8 Å². The number of aryl methyl sites for hydroxylation is 1. The van der Waals surface area contributed by atoms with Gasteiger partial charge in [-0.25, -0.2) is 15.0 Å². The molecule has 0 fully saturated rings. The van der Waals surface area contributed by atoms with E-state index in [1.54, 1.807) is 12.1 Å². The van der Waals surface area contributed by atoms with E-state index in [0.717, 1.165) is 27.7 Å². The molecular formula is C21H19N7S. The predicted octanol–water partition coefficient (Wildman–Crippen LogP) is 3.65. The highest BCUT2D eigenvalue weighted by Crippen LogP contribution is 2.28. The van der Waals surface area contributed by atoms with Crippen LogP contribution in [0.1, 0.15) is 11.3 Å². The maximum Gasteiger partial charge on any atom is 0.191 e. The second-order valence-electron chi connectivity index (χ2n) is 6.55. The molecule has 4 aromatic rings. The molecule has 0 atom stereocenters. The number of thioether (sulfide) groups is 1. The van der Waals surface area contributed by atoms with Gasteiger partial charge in [-0.1, -0.05) is 30.0 Å². The zero-order valence-electron chi connectivity index (χ0n) is 16.0. The lowest BCUT2D eigenvalue weighted by Crippen LogP contribution is -2.11. The van der Waals surface area contributed by atoms with E-state index in [1.165, 1.54) is 11.8 Å². The molecule has 0 unspecified atom stereocenters. The molecule has 0 aliphatic heterocycles. The Morgan fingerprint density at radius 2 is 1.66 bits per heavy atom. The third-order valence-electron chi connectivity index (χ3n) is 4.46.